The number of H-pyrrole nitrogens is 1. The van der Waals surface area contributed by atoms with Gasteiger partial charge in [0.15, 0.2) is 5.82 Å². The van der Waals surface area contributed by atoms with Gasteiger partial charge in [0.05, 0.1) is 17.2 Å². The van der Waals surface area contributed by atoms with Crippen LogP contribution in [0.2, 0.25) is 0 Å². The van der Waals surface area contributed by atoms with Gasteiger partial charge in [-0.25, -0.2) is 10.4 Å². The SMILES string of the molecule is Cc1ccc(S(=O)(=O)Oc2ccc(/C=N/NC(=O)c3nc4ccccc4[nH]3)cc2)cc1. The second-order valence-electron chi connectivity index (χ2n) is 6.72. The third-order valence-electron chi connectivity index (χ3n) is 4.38. The summed E-state index contributed by atoms with van der Waals surface area (Å²) in [4.78, 5) is 19.4. The molecule has 4 rings (SSSR count). The summed E-state index contributed by atoms with van der Waals surface area (Å²) in [6, 6.07) is 20.0. The first-order chi connectivity index (χ1) is 14.9. The Morgan fingerprint density at radius 1 is 1.03 bits per heavy atom. The number of rotatable bonds is 6. The first kappa shape index (κ1) is 20.3. The topological polar surface area (TPSA) is 114 Å². The van der Waals surface area contributed by atoms with E-state index in [1.165, 1.54) is 30.5 Å². The molecular weight excluding hydrogens is 416 g/mol. The Balaban J connectivity index is 1.38. The molecule has 0 aliphatic rings. The third kappa shape index (κ3) is 4.78. The van der Waals surface area contributed by atoms with Crippen LogP contribution in [0.4, 0.5) is 0 Å². The molecule has 1 heterocycles. The molecule has 0 radical (unpaired) electrons. The molecule has 3 aromatic carbocycles. The van der Waals surface area contributed by atoms with Crippen molar-refractivity contribution in [3.63, 3.8) is 0 Å². The van der Waals surface area contributed by atoms with Crippen molar-refractivity contribution in [1.82, 2.24) is 15.4 Å². The lowest BCUT2D eigenvalue weighted by molar-refractivity contribution is 0.0946. The number of hydrogen-bond donors (Lipinski definition) is 2. The van der Waals surface area contributed by atoms with E-state index >= 15 is 0 Å². The van der Waals surface area contributed by atoms with Crippen LogP contribution in [0.15, 0.2) is 82.8 Å². The fourth-order valence-electron chi connectivity index (χ4n) is 2.77. The highest BCUT2D eigenvalue weighted by molar-refractivity contribution is 7.87. The van der Waals surface area contributed by atoms with Crippen molar-refractivity contribution in [1.29, 1.82) is 0 Å². The molecular formula is C22H18N4O4S. The molecule has 156 valence electrons. The molecule has 0 aliphatic heterocycles. The van der Waals surface area contributed by atoms with Crippen LogP contribution in [0.5, 0.6) is 5.75 Å². The summed E-state index contributed by atoms with van der Waals surface area (Å²) < 4.78 is 29.8. The van der Waals surface area contributed by atoms with Crippen LogP contribution in [-0.4, -0.2) is 30.5 Å². The van der Waals surface area contributed by atoms with Crippen LogP contribution in [0.1, 0.15) is 21.7 Å². The maximum absolute atomic E-state index is 12.3. The van der Waals surface area contributed by atoms with Crippen LogP contribution < -0.4 is 9.61 Å². The normalized spacial score (nSPS) is 11.6. The Kier molecular flexibility index (Phi) is 5.50. The molecule has 0 bridgehead atoms. The molecule has 0 fully saturated rings. The number of hydrazone groups is 1. The molecule has 1 amide bonds. The average Bonchev–Trinajstić information content (AvgIpc) is 3.19. The fourth-order valence-corrected chi connectivity index (χ4v) is 3.70. The number of para-hydroxylation sites is 2. The molecule has 4 aromatic rings. The second kappa shape index (κ2) is 8.41. The quantitative estimate of drug-likeness (QED) is 0.274. The minimum atomic E-state index is -3.91. The number of nitrogens with one attached hydrogen (secondary N) is 2. The second-order valence-corrected chi connectivity index (χ2v) is 8.27. The third-order valence-corrected chi connectivity index (χ3v) is 5.64. The summed E-state index contributed by atoms with van der Waals surface area (Å²) >= 11 is 0. The Morgan fingerprint density at radius 3 is 2.45 bits per heavy atom. The monoisotopic (exact) mass is 434 g/mol. The molecule has 9 heteroatoms. The van der Waals surface area contributed by atoms with Gasteiger partial charge in [0.1, 0.15) is 10.6 Å². The van der Waals surface area contributed by atoms with Crippen LogP contribution in [0.3, 0.4) is 0 Å². The molecule has 2 N–H and O–H groups in total. The highest BCUT2D eigenvalue weighted by Gasteiger charge is 2.16. The Labute approximate surface area is 178 Å². The van der Waals surface area contributed by atoms with E-state index in [9.17, 15) is 13.2 Å². The number of carbonyl (C=O) groups is 1. The fraction of sp³-hybridized carbons (Fsp3) is 0.0455. The van der Waals surface area contributed by atoms with E-state index in [2.05, 4.69) is 20.5 Å². The molecule has 0 unspecified atom stereocenters. The van der Waals surface area contributed by atoms with Crippen molar-refractivity contribution in [2.24, 2.45) is 5.10 Å². The number of imidazole rings is 1. The largest absolute Gasteiger partial charge is 0.379 e. The summed E-state index contributed by atoms with van der Waals surface area (Å²) in [5.41, 5.74) is 5.44. The lowest BCUT2D eigenvalue weighted by Gasteiger charge is -2.07. The van der Waals surface area contributed by atoms with Gasteiger partial charge in [-0.05, 0) is 61.0 Å². The molecule has 8 nitrogen and oxygen atoms in total. The number of nitrogens with zero attached hydrogens (tertiary/aromatic N) is 2. The van der Waals surface area contributed by atoms with E-state index in [-0.39, 0.29) is 16.5 Å². The molecule has 0 saturated heterocycles. The number of aromatic amines is 1. The zero-order chi connectivity index (χ0) is 21.8. The van der Waals surface area contributed by atoms with Gasteiger partial charge in [0.25, 0.3) is 0 Å². The molecule has 0 spiro atoms. The summed E-state index contributed by atoms with van der Waals surface area (Å²) in [6.07, 6.45) is 1.43. The maximum atomic E-state index is 12.3. The summed E-state index contributed by atoms with van der Waals surface area (Å²) in [5.74, 6) is -0.149. The van der Waals surface area contributed by atoms with E-state index in [4.69, 9.17) is 4.18 Å². The van der Waals surface area contributed by atoms with Gasteiger partial charge in [-0.15, -0.1) is 0 Å². The standard InChI is InChI=1S/C22H18N4O4S/c1-15-6-12-18(13-7-15)31(28,29)30-17-10-8-16(9-11-17)14-23-26-22(27)21-24-19-4-2-3-5-20(19)25-21/h2-14H,1H3,(H,24,25)(H,26,27)/b23-14+. The van der Waals surface area contributed by atoms with Crippen molar-refractivity contribution in [2.45, 2.75) is 11.8 Å². The van der Waals surface area contributed by atoms with Crippen molar-refractivity contribution in [3.8, 4) is 5.75 Å². The molecule has 31 heavy (non-hydrogen) atoms. The number of aromatic nitrogens is 2. The van der Waals surface area contributed by atoms with Crippen LogP contribution >= 0.6 is 0 Å². The zero-order valence-corrected chi connectivity index (χ0v) is 17.3. The molecule has 0 atom stereocenters. The van der Waals surface area contributed by atoms with Gasteiger partial charge in [0, 0.05) is 0 Å². The number of hydrogen-bond acceptors (Lipinski definition) is 6. The van der Waals surface area contributed by atoms with Crippen LogP contribution in [-0.2, 0) is 10.1 Å². The summed E-state index contributed by atoms with van der Waals surface area (Å²) in [7, 11) is -3.91. The predicted molar refractivity (Wildman–Crippen MR) is 117 cm³/mol. The lowest BCUT2D eigenvalue weighted by Crippen LogP contribution is -2.19. The van der Waals surface area contributed by atoms with Gasteiger partial charge < -0.3 is 9.17 Å². The predicted octanol–water partition coefficient (Wildman–Crippen LogP) is 3.40. The van der Waals surface area contributed by atoms with E-state index in [0.717, 1.165) is 11.1 Å². The zero-order valence-electron chi connectivity index (χ0n) is 16.4. The lowest BCUT2D eigenvalue weighted by atomic mass is 10.2. The first-order valence-corrected chi connectivity index (χ1v) is 10.7. The number of carbonyl (C=O) groups excluding carboxylic acids is 1. The smallest absolute Gasteiger partial charge is 0.339 e. The van der Waals surface area contributed by atoms with E-state index < -0.39 is 16.0 Å². The summed E-state index contributed by atoms with van der Waals surface area (Å²) in [5, 5.41) is 3.90. The summed E-state index contributed by atoms with van der Waals surface area (Å²) in [6.45, 7) is 1.87. The number of aryl methyl sites for hydroxylation is 1. The van der Waals surface area contributed by atoms with Crippen molar-refractivity contribution >= 4 is 33.3 Å². The first-order valence-electron chi connectivity index (χ1n) is 9.30. The minimum absolute atomic E-state index is 0.0806. The van der Waals surface area contributed by atoms with E-state index in [1.807, 2.05) is 25.1 Å². The van der Waals surface area contributed by atoms with Crippen molar-refractivity contribution in [2.75, 3.05) is 0 Å². The number of fused-ring (bicyclic) bond motifs is 1. The molecule has 0 saturated carbocycles. The molecule has 1 aromatic heterocycles. The average molecular weight is 434 g/mol. The van der Waals surface area contributed by atoms with Gasteiger partial charge in [0.2, 0.25) is 0 Å². The van der Waals surface area contributed by atoms with Gasteiger partial charge in [-0.2, -0.15) is 13.5 Å². The minimum Gasteiger partial charge on any atom is -0.379 e. The van der Waals surface area contributed by atoms with Crippen molar-refractivity contribution in [3.05, 3.63) is 89.7 Å². The van der Waals surface area contributed by atoms with Gasteiger partial charge in [-0.1, -0.05) is 29.8 Å². The van der Waals surface area contributed by atoms with Crippen LogP contribution in [0.25, 0.3) is 11.0 Å². The molecule has 0 aliphatic carbocycles. The Bertz CT molecular complexity index is 1330. The maximum Gasteiger partial charge on any atom is 0.339 e. The number of amides is 1. The highest BCUT2D eigenvalue weighted by Crippen LogP contribution is 2.19. The van der Waals surface area contributed by atoms with Gasteiger partial charge in [-0.3, -0.25) is 4.79 Å². The van der Waals surface area contributed by atoms with Gasteiger partial charge >= 0.3 is 16.0 Å². The Morgan fingerprint density at radius 2 is 1.74 bits per heavy atom. The number of benzene rings is 3. The highest BCUT2D eigenvalue weighted by atomic mass is 32.2. The van der Waals surface area contributed by atoms with Crippen molar-refractivity contribution < 1.29 is 17.4 Å². The van der Waals surface area contributed by atoms with E-state index in [0.29, 0.717) is 11.1 Å². The van der Waals surface area contributed by atoms with E-state index in [1.54, 1.807) is 30.3 Å². The Hall–Kier alpha value is -3.98. The van der Waals surface area contributed by atoms with Crippen LogP contribution in [0, 0.1) is 6.92 Å².